The van der Waals surface area contributed by atoms with E-state index in [2.05, 4.69) is 33.7 Å². The number of allylic oxidation sites excluding steroid dienone is 6. The largest absolute Gasteiger partial charge is 0.490 e. The van der Waals surface area contributed by atoms with Crippen molar-refractivity contribution in [1.29, 1.82) is 0 Å². The standard InChI is InChI=1S/C36H48ClN3O5S/c1-6-31(37)18-28-8-7-15-36(24(28)3)21-40-20-30-12-11-27(30)10-9-26(17-34(41)38-5)16-23(2)25(4)46(43,44)39-35(42)29-13-14-33(45-22-36)32(40)19-29/h6,9-10,13-14,18-19,23,25-27,30H,3,7-8,11-12,15-17,20-22H2,1-2,4-5H3,(H,38,41)(H,39,42)/b10-9+,28-18-,31-6+/t23-,25+,26+,27+,30-,36-/m0/s1. The molecule has 2 saturated carbocycles. The summed E-state index contributed by atoms with van der Waals surface area (Å²) in [5.74, 6) is 0.245. The fourth-order valence-electron chi connectivity index (χ4n) is 7.39. The van der Waals surface area contributed by atoms with Crippen molar-refractivity contribution in [2.45, 2.75) is 71.0 Å². The van der Waals surface area contributed by atoms with E-state index in [1.165, 1.54) is 0 Å². The molecule has 4 aliphatic rings. The lowest BCUT2D eigenvalue weighted by Crippen LogP contribution is -2.46. The number of carbonyl (C=O) groups excluding carboxylic acids is 2. The van der Waals surface area contributed by atoms with Gasteiger partial charge in [0.2, 0.25) is 15.9 Å². The topological polar surface area (TPSA) is 105 Å². The van der Waals surface area contributed by atoms with Crippen molar-refractivity contribution in [3.8, 4) is 5.75 Å². The molecule has 250 valence electrons. The van der Waals surface area contributed by atoms with Gasteiger partial charge in [0.25, 0.3) is 5.91 Å². The molecule has 0 radical (unpaired) electrons. The Morgan fingerprint density at radius 2 is 2.04 bits per heavy atom. The maximum absolute atomic E-state index is 13.5. The van der Waals surface area contributed by atoms with Crippen LogP contribution in [0.5, 0.6) is 5.75 Å². The third-order valence-electron chi connectivity index (χ3n) is 10.8. The van der Waals surface area contributed by atoms with E-state index >= 15 is 0 Å². The highest BCUT2D eigenvalue weighted by Crippen LogP contribution is 2.49. The third-order valence-corrected chi connectivity index (χ3v) is 13.0. The second-order valence-corrected chi connectivity index (χ2v) is 16.2. The number of anilines is 1. The summed E-state index contributed by atoms with van der Waals surface area (Å²) in [5.41, 5.74) is 2.88. The second kappa shape index (κ2) is 14.0. The van der Waals surface area contributed by atoms with Gasteiger partial charge in [-0.3, -0.25) is 9.59 Å². The Kier molecular flexibility index (Phi) is 10.4. The molecule has 1 aromatic rings. The normalized spacial score (nSPS) is 33.2. The van der Waals surface area contributed by atoms with E-state index in [0.717, 1.165) is 55.5 Å². The van der Waals surface area contributed by atoms with E-state index in [0.29, 0.717) is 42.2 Å². The molecule has 2 heterocycles. The number of sulfonamides is 1. The summed E-state index contributed by atoms with van der Waals surface area (Å²) in [6.45, 7) is 11.9. The molecule has 10 heteroatoms. The average molecular weight is 670 g/mol. The predicted octanol–water partition coefficient (Wildman–Crippen LogP) is 6.50. The van der Waals surface area contributed by atoms with Crippen LogP contribution < -0.4 is 19.7 Å². The van der Waals surface area contributed by atoms with E-state index < -0.39 is 21.2 Å². The number of hydrogen-bond donors (Lipinski definition) is 2. The molecular weight excluding hydrogens is 622 g/mol. The van der Waals surface area contributed by atoms with Crippen LogP contribution in [-0.4, -0.2) is 52.2 Å². The minimum atomic E-state index is -3.99. The molecule has 2 aliphatic heterocycles. The zero-order chi connectivity index (χ0) is 33.2. The summed E-state index contributed by atoms with van der Waals surface area (Å²) in [4.78, 5) is 28.2. The Bertz CT molecular complexity index is 1570. The van der Waals surface area contributed by atoms with Crippen LogP contribution in [-0.2, 0) is 14.8 Å². The van der Waals surface area contributed by atoms with Crippen molar-refractivity contribution in [2.24, 2.45) is 29.1 Å². The van der Waals surface area contributed by atoms with Crippen molar-refractivity contribution in [2.75, 3.05) is 31.6 Å². The van der Waals surface area contributed by atoms with Crippen LogP contribution in [0.1, 0.15) is 76.1 Å². The molecule has 0 aromatic heterocycles. The molecule has 46 heavy (non-hydrogen) atoms. The Morgan fingerprint density at radius 1 is 1.26 bits per heavy atom. The zero-order valence-electron chi connectivity index (χ0n) is 27.5. The number of ether oxygens (including phenoxy) is 1. The van der Waals surface area contributed by atoms with E-state index in [4.69, 9.17) is 16.3 Å². The first-order valence-corrected chi connectivity index (χ1v) is 18.5. The van der Waals surface area contributed by atoms with Gasteiger partial charge in [0, 0.05) is 42.6 Å². The number of carbonyl (C=O) groups is 2. The summed E-state index contributed by atoms with van der Waals surface area (Å²) in [7, 11) is -2.38. The van der Waals surface area contributed by atoms with Crippen molar-refractivity contribution in [1.82, 2.24) is 10.0 Å². The van der Waals surface area contributed by atoms with Crippen LogP contribution in [0.2, 0.25) is 0 Å². The van der Waals surface area contributed by atoms with Crippen LogP contribution in [0, 0.1) is 29.1 Å². The van der Waals surface area contributed by atoms with Gasteiger partial charge in [0.05, 0.1) is 17.5 Å². The Morgan fingerprint density at radius 3 is 2.74 bits per heavy atom. The molecule has 6 atom stereocenters. The van der Waals surface area contributed by atoms with Crippen molar-refractivity contribution in [3.63, 3.8) is 0 Å². The number of fused-ring (bicyclic) bond motifs is 2. The number of nitrogens with zero attached hydrogens (tertiary/aromatic N) is 1. The first-order valence-electron chi connectivity index (χ1n) is 16.5. The van der Waals surface area contributed by atoms with Crippen molar-refractivity contribution < 1.29 is 22.7 Å². The molecule has 0 unspecified atom stereocenters. The number of benzene rings is 1. The van der Waals surface area contributed by atoms with E-state index in [1.54, 1.807) is 32.2 Å². The molecule has 1 spiro atoms. The molecule has 2 amide bonds. The van der Waals surface area contributed by atoms with Crippen molar-refractivity contribution >= 4 is 39.1 Å². The summed E-state index contributed by atoms with van der Waals surface area (Å²) >= 11 is 6.44. The highest BCUT2D eigenvalue weighted by molar-refractivity contribution is 7.90. The van der Waals surface area contributed by atoms with Crippen LogP contribution in [0.25, 0.3) is 0 Å². The molecule has 8 nitrogen and oxygen atoms in total. The molecule has 1 aromatic carbocycles. The lowest BCUT2D eigenvalue weighted by Gasteiger charge is -2.44. The molecule has 2 aliphatic carbocycles. The fourth-order valence-corrected chi connectivity index (χ4v) is 8.81. The van der Waals surface area contributed by atoms with Crippen LogP contribution in [0.15, 0.2) is 65.3 Å². The lowest BCUT2D eigenvalue weighted by atomic mass is 9.68. The molecule has 5 rings (SSSR count). The molecule has 2 fully saturated rings. The Balaban J connectivity index is 1.55. The summed E-state index contributed by atoms with van der Waals surface area (Å²) in [6.07, 6.45) is 14.0. The van der Waals surface area contributed by atoms with Gasteiger partial charge in [0.1, 0.15) is 5.75 Å². The van der Waals surface area contributed by atoms with E-state index in [1.807, 2.05) is 26.0 Å². The molecule has 0 saturated heterocycles. The quantitative estimate of drug-likeness (QED) is 0.356. The summed E-state index contributed by atoms with van der Waals surface area (Å²) in [6, 6.07) is 5.21. The highest BCUT2D eigenvalue weighted by Gasteiger charge is 2.44. The maximum Gasteiger partial charge on any atom is 0.264 e. The van der Waals surface area contributed by atoms with Gasteiger partial charge >= 0.3 is 0 Å². The van der Waals surface area contributed by atoms with Gasteiger partial charge in [-0.2, -0.15) is 0 Å². The predicted molar refractivity (Wildman–Crippen MR) is 184 cm³/mol. The fraction of sp³-hybridized carbons (Fsp3) is 0.556. The SMILES string of the molecule is C=C1/C(=C\C(Cl)=C/C)CCC[C@]12COc1ccc3cc1N(C[C@@H]1CC[C@H]1/C=C/[C@@H](CC(=O)NC)C[C@H](C)[C@@H](C)S(=O)(=O)NC3=O)C2. The second-order valence-electron chi connectivity index (χ2n) is 13.7. The van der Waals surface area contributed by atoms with Gasteiger partial charge in [-0.1, -0.05) is 43.3 Å². The first kappa shape index (κ1) is 34.3. The van der Waals surface area contributed by atoms with Gasteiger partial charge in [-0.25, -0.2) is 13.1 Å². The van der Waals surface area contributed by atoms with E-state index in [-0.39, 0.29) is 35.1 Å². The van der Waals surface area contributed by atoms with Gasteiger partial charge in [-0.15, -0.1) is 0 Å². The summed E-state index contributed by atoms with van der Waals surface area (Å²) < 4.78 is 35.7. The monoisotopic (exact) mass is 669 g/mol. The molecule has 2 bridgehead atoms. The lowest BCUT2D eigenvalue weighted by molar-refractivity contribution is -0.121. The number of nitrogens with one attached hydrogen (secondary N) is 2. The zero-order valence-corrected chi connectivity index (χ0v) is 29.1. The molecular formula is C36H48ClN3O5S. The van der Waals surface area contributed by atoms with E-state index in [9.17, 15) is 18.0 Å². The number of halogens is 1. The maximum atomic E-state index is 13.5. The smallest absolute Gasteiger partial charge is 0.264 e. The van der Waals surface area contributed by atoms with Crippen LogP contribution in [0.3, 0.4) is 0 Å². The Labute approximate surface area is 279 Å². The van der Waals surface area contributed by atoms with Gasteiger partial charge in [0.15, 0.2) is 0 Å². The van der Waals surface area contributed by atoms with Crippen LogP contribution >= 0.6 is 11.6 Å². The Hall–Kier alpha value is -3.04. The molecule has 2 N–H and O–H groups in total. The van der Waals surface area contributed by atoms with Crippen LogP contribution in [0.4, 0.5) is 5.69 Å². The number of amides is 2. The summed E-state index contributed by atoms with van der Waals surface area (Å²) in [5, 5.41) is 2.56. The minimum Gasteiger partial charge on any atom is -0.490 e. The third kappa shape index (κ3) is 7.25. The van der Waals surface area contributed by atoms with Gasteiger partial charge < -0.3 is 15.0 Å². The number of hydrogen-bond acceptors (Lipinski definition) is 6. The first-order chi connectivity index (χ1) is 21.9. The van der Waals surface area contributed by atoms with Crippen molar-refractivity contribution in [3.05, 3.63) is 70.8 Å². The number of rotatable bonds is 3. The minimum absolute atomic E-state index is 0.0806. The highest BCUT2D eigenvalue weighted by atomic mass is 35.5. The van der Waals surface area contributed by atoms with Gasteiger partial charge in [-0.05, 0) is 111 Å². The average Bonchev–Trinajstić information content (AvgIpc) is 3.17.